The van der Waals surface area contributed by atoms with Gasteiger partial charge in [-0.3, -0.25) is 4.79 Å². The van der Waals surface area contributed by atoms with Crippen LogP contribution in [0.1, 0.15) is 29.9 Å². The Bertz CT molecular complexity index is 624. The molecule has 118 valence electrons. The first kappa shape index (κ1) is 16.0. The number of sulfone groups is 1. The van der Waals surface area contributed by atoms with Gasteiger partial charge in [-0.1, -0.05) is 11.3 Å². The Kier molecular flexibility index (Phi) is 4.72. The fraction of sp³-hybridized carbons (Fsp3) is 0.667. The van der Waals surface area contributed by atoms with Gasteiger partial charge in [-0.2, -0.15) is 0 Å². The number of anilines is 2. The van der Waals surface area contributed by atoms with Crippen LogP contribution in [0.5, 0.6) is 0 Å². The van der Waals surface area contributed by atoms with Crippen LogP contribution in [0.15, 0.2) is 0 Å². The summed E-state index contributed by atoms with van der Waals surface area (Å²) in [4.78, 5) is 16.5. The molecule has 1 aromatic heterocycles. The molecule has 1 saturated heterocycles. The number of nitrogens with zero attached hydrogens (tertiary/aromatic N) is 1. The molecule has 7 nitrogen and oxygen atoms in total. The molecule has 1 fully saturated rings. The minimum Gasteiger partial charge on any atom is -0.382 e. The molecule has 2 heterocycles. The Balaban J connectivity index is 1.93. The zero-order valence-electron chi connectivity index (χ0n) is 12.0. The second-order valence-corrected chi connectivity index (χ2v) is 8.74. The first-order valence-corrected chi connectivity index (χ1v) is 9.42. The molecule has 4 N–H and O–H groups in total. The van der Waals surface area contributed by atoms with Gasteiger partial charge in [0.25, 0.3) is 5.91 Å². The normalized spacial score (nSPS) is 20.6. The van der Waals surface area contributed by atoms with Crippen molar-refractivity contribution in [1.82, 2.24) is 10.3 Å². The van der Waals surface area contributed by atoms with E-state index in [1.165, 1.54) is 11.3 Å². The number of nitrogens with one attached hydrogen (secondary N) is 2. The number of thiazole rings is 1. The first-order valence-electron chi connectivity index (χ1n) is 6.78. The molecule has 9 heteroatoms. The van der Waals surface area contributed by atoms with E-state index in [9.17, 15) is 13.2 Å². The molecular formula is C12H20N4O3S2. The summed E-state index contributed by atoms with van der Waals surface area (Å²) in [5, 5.41) is 6.45. The molecule has 1 amide bonds. The summed E-state index contributed by atoms with van der Waals surface area (Å²) in [5.74, 6) is 0.233. The van der Waals surface area contributed by atoms with Crippen molar-refractivity contribution in [3.8, 4) is 0 Å². The molecule has 1 aliphatic heterocycles. The number of hydrogen-bond donors (Lipinski definition) is 3. The Morgan fingerprint density at radius 1 is 1.52 bits per heavy atom. The molecule has 0 bridgehead atoms. The lowest BCUT2D eigenvalue weighted by Crippen LogP contribution is -2.29. The van der Waals surface area contributed by atoms with Crippen molar-refractivity contribution < 1.29 is 13.2 Å². The van der Waals surface area contributed by atoms with Gasteiger partial charge >= 0.3 is 0 Å². The van der Waals surface area contributed by atoms with E-state index in [1.807, 2.05) is 13.8 Å². The van der Waals surface area contributed by atoms with E-state index in [1.54, 1.807) is 0 Å². The van der Waals surface area contributed by atoms with Crippen molar-refractivity contribution in [2.45, 2.75) is 26.3 Å². The Morgan fingerprint density at radius 2 is 2.24 bits per heavy atom. The van der Waals surface area contributed by atoms with E-state index in [-0.39, 0.29) is 35.2 Å². The van der Waals surface area contributed by atoms with Gasteiger partial charge in [0, 0.05) is 12.6 Å². The number of carbonyl (C=O) groups excluding carboxylic acids is 1. The fourth-order valence-corrected chi connectivity index (χ4v) is 4.96. The number of carbonyl (C=O) groups is 1. The lowest BCUT2D eigenvalue weighted by atomic mass is 10.1. The molecule has 1 atom stereocenters. The number of hydrogen-bond acceptors (Lipinski definition) is 7. The highest BCUT2D eigenvalue weighted by atomic mass is 32.2. The van der Waals surface area contributed by atoms with E-state index in [4.69, 9.17) is 5.73 Å². The SMILES string of the molecule is CC(C)Nc1nc(N)c(C(=O)NCC2CCS(=O)(=O)C2)s1. The lowest BCUT2D eigenvalue weighted by molar-refractivity contribution is 0.0953. The van der Waals surface area contributed by atoms with Gasteiger partial charge in [-0.15, -0.1) is 0 Å². The molecule has 0 aliphatic carbocycles. The average Bonchev–Trinajstić information content (AvgIpc) is 2.88. The van der Waals surface area contributed by atoms with Crippen molar-refractivity contribution in [3.05, 3.63) is 4.88 Å². The van der Waals surface area contributed by atoms with E-state index in [0.29, 0.717) is 23.0 Å². The zero-order chi connectivity index (χ0) is 15.6. The second kappa shape index (κ2) is 6.18. The van der Waals surface area contributed by atoms with Crippen molar-refractivity contribution in [1.29, 1.82) is 0 Å². The summed E-state index contributed by atoms with van der Waals surface area (Å²) in [6.45, 7) is 4.29. The number of amides is 1. The largest absolute Gasteiger partial charge is 0.382 e. The standard InChI is InChI=1S/C12H20N4O3S2/c1-7(2)15-12-16-10(13)9(20-12)11(17)14-5-8-3-4-21(18,19)6-8/h7-8H,3-6,13H2,1-2H3,(H,14,17)(H,15,16). The molecule has 1 aromatic rings. The Morgan fingerprint density at radius 3 is 2.81 bits per heavy atom. The summed E-state index contributed by atoms with van der Waals surface area (Å²) in [5.41, 5.74) is 5.75. The van der Waals surface area contributed by atoms with Gasteiger partial charge in [0.2, 0.25) is 0 Å². The third-order valence-corrected chi connectivity index (χ3v) is 5.99. The molecule has 1 unspecified atom stereocenters. The van der Waals surface area contributed by atoms with Crippen molar-refractivity contribution in [2.75, 3.05) is 29.1 Å². The van der Waals surface area contributed by atoms with Crippen LogP contribution in [-0.4, -0.2) is 43.4 Å². The van der Waals surface area contributed by atoms with Crippen molar-refractivity contribution in [2.24, 2.45) is 5.92 Å². The third-order valence-electron chi connectivity index (χ3n) is 3.15. The van der Waals surface area contributed by atoms with Crippen LogP contribution in [0, 0.1) is 5.92 Å². The highest BCUT2D eigenvalue weighted by molar-refractivity contribution is 7.91. The van der Waals surface area contributed by atoms with Gasteiger partial charge in [0.15, 0.2) is 15.0 Å². The van der Waals surface area contributed by atoms with Gasteiger partial charge < -0.3 is 16.4 Å². The number of aromatic nitrogens is 1. The second-order valence-electron chi connectivity index (χ2n) is 5.51. The van der Waals surface area contributed by atoms with Crippen molar-refractivity contribution in [3.63, 3.8) is 0 Å². The molecule has 0 spiro atoms. The van der Waals surface area contributed by atoms with E-state index >= 15 is 0 Å². The van der Waals surface area contributed by atoms with Gasteiger partial charge in [-0.05, 0) is 26.2 Å². The third kappa shape index (κ3) is 4.31. The maximum Gasteiger partial charge on any atom is 0.265 e. The van der Waals surface area contributed by atoms with Gasteiger partial charge in [0.05, 0.1) is 11.5 Å². The topological polar surface area (TPSA) is 114 Å². The summed E-state index contributed by atoms with van der Waals surface area (Å²) >= 11 is 1.20. The Labute approximate surface area is 128 Å². The minimum absolute atomic E-state index is 0.0126. The van der Waals surface area contributed by atoms with Crippen LogP contribution in [0.2, 0.25) is 0 Å². The average molecular weight is 332 g/mol. The summed E-state index contributed by atoms with van der Waals surface area (Å²) < 4.78 is 22.7. The number of nitrogen functional groups attached to an aromatic ring is 1. The first-order chi connectivity index (χ1) is 9.77. The van der Waals surface area contributed by atoms with E-state index in [0.717, 1.165) is 0 Å². The quantitative estimate of drug-likeness (QED) is 0.731. The van der Waals surface area contributed by atoms with Crippen molar-refractivity contribution >= 4 is 38.0 Å². The Hall–Kier alpha value is -1.35. The van der Waals surface area contributed by atoms with Gasteiger partial charge in [-0.25, -0.2) is 13.4 Å². The summed E-state index contributed by atoms with van der Waals surface area (Å²) in [6, 6.07) is 0.204. The summed E-state index contributed by atoms with van der Waals surface area (Å²) in [7, 11) is -2.92. The van der Waals surface area contributed by atoms with Crippen LogP contribution in [-0.2, 0) is 9.84 Å². The minimum atomic E-state index is -2.92. The monoisotopic (exact) mass is 332 g/mol. The molecule has 21 heavy (non-hydrogen) atoms. The number of rotatable bonds is 5. The predicted octanol–water partition coefficient (Wildman–Crippen LogP) is 0.710. The highest BCUT2D eigenvalue weighted by Crippen LogP contribution is 2.25. The lowest BCUT2D eigenvalue weighted by Gasteiger charge is -2.08. The van der Waals surface area contributed by atoms with Gasteiger partial charge in [0.1, 0.15) is 10.7 Å². The summed E-state index contributed by atoms with van der Waals surface area (Å²) in [6.07, 6.45) is 0.598. The molecule has 0 saturated carbocycles. The molecular weight excluding hydrogens is 312 g/mol. The molecule has 0 aromatic carbocycles. The smallest absolute Gasteiger partial charge is 0.265 e. The van der Waals surface area contributed by atoms with E-state index in [2.05, 4.69) is 15.6 Å². The fourth-order valence-electron chi connectivity index (χ4n) is 2.15. The predicted molar refractivity (Wildman–Crippen MR) is 84.4 cm³/mol. The highest BCUT2D eigenvalue weighted by Gasteiger charge is 2.28. The molecule has 1 aliphatic rings. The van der Waals surface area contributed by atoms with Crippen LogP contribution in [0.3, 0.4) is 0 Å². The van der Waals surface area contributed by atoms with Crippen LogP contribution >= 0.6 is 11.3 Å². The number of nitrogens with two attached hydrogens (primary N) is 1. The molecule has 2 rings (SSSR count). The van der Waals surface area contributed by atoms with Crippen LogP contribution < -0.4 is 16.4 Å². The van der Waals surface area contributed by atoms with Crippen LogP contribution in [0.25, 0.3) is 0 Å². The van der Waals surface area contributed by atoms with E-state index < -0.39 is 9.84 Å². The molecule has 0 radical (unpaired) electrons. The maximum absolute atomic E-state index is 12.1. The maximum atomic E-state index is 12.1. The van der Waals surface area contributed by atoms with Crippen LogP contribution in [0.4, 0.5) is 10.9 Å². The zero-order valence-corrected chi connectivity index (χ0v) is 13.7.